The number of carbonyl (C=O) groups is 1. The Morgan fingerprint density at radius 2 is 2.00 bits per heavy atom. The van der Waals surface area contributed by atoms with Crippen molar-refractivity contribution in [1.29, 1.82) is 0 Å². The van der Waals surface area contributed by atoms with Crippen LogP contribution in [0.2, 0.25) is 0 Å². The Morgan fingerprint density at radius 3 is 2.62 bits per heavy atom. The van der Waals surface area contributed by atoms with Gasteiger partial charge in [-0.15, -0.1) is 0 Å². The molecule has 130 valence electrons. The molecule has 1 heterocycles. The summed E-state index contributed by atoms with van der Waals surface area (Å²) in [4.78, 5) is 12.6. The smallest absolute Gasteiger partial charge is 0.382 e. The minimum Gasteiger partial charge on any atom is -0.382 e. The molecule has 0 fully saturated rings. The average Bonchev–Trinajstić information content (AvgIpc) is 2.94. The van der Waals surface area contributed by atoms with Gasteiger partial charge in [0.05, 0.1) is 13.1 Å². The zero-order valence-corrected chi connectivity index (χ0v) is 12.9. The summed E-state index contributed by atoms with van der Waals surface area (Å²) in [6.07, 6.45) is -5.72. The van der Waals surface area contributed by atoms with Crippen LogP contribution in [-0.4, -0.2) is 51.7 Å². The number of hydrogen-bond acceptors (Lipinski definition) is 3. The Hall–Kier alpha value is -2.55. The summed E-state index contributed by atoms with van der Waals surface area (Å²) >= 11 is 0. The minimum absolute atomic E-state index is 0.212. The summed E-state index contributed by atoms with van der Waals surface area (Å²) in [5.41, 5.74) is 1.02. The maximum Gasteiger partial charge on any atom is 0.416 e. The first-order valence-electron chi connectivity index (χ1n) is 7.10. The summed E-state index contributed by atoms with van der Waals surface area (Å²) in [6, 6.07) is 10.3. The number of alkyl halides is 3. The van der Waals surface area contributed by atoms with Crippen LogP contribution >= 0.6 is 0 Å². The van der Waals surface area contributed by atoms with Gasteiger partial charge in [0.1, 0.15) is 0 Å². The fourth-order valence-electron chi connectivity index (χ4n) is 1.94. The molecule has 24 heavy (non-hydrogen) atoms. The third kappa shape index (κ3) is 4.98. The molecule has 0 bridgehead atoms. The number of aliphatic hydroxyl groups is 1. The highest BCUT2D eigenvalue weighted by molar-refractivity contribution is 5.88. The number of amides is 2. The van der Waals surface area contributed by atoms with Crippen LogP contribution in [0, 0.1) is 0 Å². The van der Waals surface area contributed by atoms with Gasteiger partial charge in [-0.25, -0.2) is 4.79 Å². The van der Waals surface area contributed by atoms with Crippen LogP contribution in [0.5, 0.6) is 0 Å². The number of aromatic nitrogens is 2. The van der Waals surface area contributed by atoms with E-state index in [1.165, 1.54) is 6.07 Å². The molecule has 2 aromatic rings. The predicted octanol–water partition coefficient (Wildman–Crippen LogP) is 2.32. The van der Waals surface area contributed by atoms with Gasteiger partial charge in [-0.2, -0.15) is 18.3 Å². The molecule has 0 saturated carbocycles. The average molecular weight is 342 g/mol. The van der Waals surface area contributed by atoms with Crippen LogP contribution in [0.15, 0.2) is 42.6 Å². The Kier molecular flexibility index (Phi) is 5.45. The van der Waals surface area contributed by atoms with Crippen LogP contribution < -0.4 is 5.32 Å². The van der Waals surface area contributed by atoms with Crippen LogP contribution in [0.1, 0.15) is 5.56 Å². The molecule has 0 aliphatic rings. The monoisotopic (exact) mass is 342 g/mol. The van der Waals surface area contributed by atoms with Crippen LogP contribution in [0.4, 0.5) is 23.8 Å². The molecule has 1 unspecified atom stereocenters. The maximum absolute atomic E-state index is 12.3. The van der Waals surface area contributed by atoms with Crippen molar-refractivity contribution in [2.24, 2.45) is 0 Å². The van der Waals surface area contributed by atoms with E-state index in [9.17, 15) is 18.0 Å². The van der Waals surface area contributed by atoms with Crippen molar-refractivity contribution in [2.75, 3.05) is 18.9 Å². The van der Waals surface area contributed by atoms with Crippen molar-refractivity contribution in [2.45, 2.75) is 18.8 Å². The number of urea groups is 1. The van der Waals surface area contributed by atoms with E-state index in [0.717, 1.165) is 17.5 Å². The van der Waals surface area contributed by atoms with Gasteiger partial charge in [0.2, 0.25) is 0 Å². The highest BCUT2D eigenvalue weighted by Crippen LogP contribution is 2.20. The van der Waals surface area contributed by atoms with Gasteiger partial charge in [-0.3, -0.25) is 10.00 Å². The number of carbonyl (C=O) groups excluding carboxylic acids is 1. The highest BCUT2D eigenvalue weighted by Gasteiger charge is 2.39. The zero-order chi connectivity index (χ0) is 17.7. The third-order valence-corrected chi connectivity index (χ3v) is 3.23. The van der Waals surface area contributed by atoms with Gasteiger partial charge in [-0.05, 0) is 5.56 Å². The topological polar surface area (TPSA) is 70.4 Å². The first kappa shape index (κ1) is 17.8. The van der Waals surface area contributed by atoms with E-state index in [0.29, 0.717) is 6.54 Å². The first-order chi connectivity index (χ1) is 11.3. The second kappa shape index (κ2) is 7.35. The summed E-state index contributed by atoms with van der Waals surface area (Å²) < 4.78 is 38.5. The zero-order valence-electron chi connectivity index (χ0n) is 12.9. The maximum atomic E-state index is 12.3. The SMILES string of the molecule is CN(CC(O)C(F)(F)F)C(=O)Nc1ccn(Cc2ccccc2)n1. The van der Waals surface area contributed by atoms with Crippen molar-refractivity contribution in [3.63, 3.8) is 0 Å². The highest BCUT2D eigenvalue weighted by atomic mass is 19.4. The lowest BCUT2D eigenvalue weighted by Crippen LogP contribution is -2.43. The van der Waals surface area contributed by atoms with Crippen LogP contribution in [-0.2, 0) is 6.54 Å². The van der Waals surface area contributed by atoms with Gasteiger partial charge in [0.25, 0.3) is 0 Å². The molecule has 0 radical (unpaired) electrons. The standard InChI is InChI=1S/C15H17F3N4O2/c1-21(10-12(23)15(16,17)18)14(24)19-13-7-8-22(20-13)9-11-5-3-2-4-6-11/h2-8,12,23H,9-10H2,1H3,(H,19,20,24). The second-order valence-corrected chi connectivity index (χ2v) is 5.25. The molecule has 0 aliphatic carbocycles. The largest absolute Gasteiger partial charge is 0.416 e. The van der Waals surface area contributed by atoms with Crippen LogP contribution in [0.3, 0.4) is 0 Å². The number of rotatable bonds is 5. The van der Waals surface area contributed by atoms with Gasteiger partial charge in [0, 0.05) is 19.3 Å². The Morgan fingerprint density at radius 1 is 1.33 bits per heavy atom. The number of benzene rings is 1. The molecule has 0 spiro atoms. The molecule has 2 N–H and O–H groups in total. The van der Waals surface area contributed by atoms with Crippen molar-refractivity contribution in [3.05, 3.63) is 48.2 Å². The van der Waals surface area contributed by atoms with E-state index in [2.05, 4.69) is 10.4 Å². The molecular formula is C15H17F3N4O2. The number of aliphatic hydroxyl groups excluding tert-OH is 1. The van der Waals surface area contributed by atoms with E-state index in [-0.39, 0.29) is 5.82 Å². The van der Waals surface area contributed by atoms with E-state index in [1.54, 1.807) is 10.9 Å². The van der Waals surface area contributed by atoms with Gasteiger partial charge in [-0.1, -0.05) is 30.3 Å². The minimum atomic E-state index is -4.77. The van der Waals surface area contributed by atoms with Crippen molar-refractivity contribution in [3.8, 4) is 0 Å². The number of hydrogen-bond donors (Lipinski definition) is 2. The number of halogens is 3. The first-order valence-corrected chi connectivity index (χ1v) is 7.10. The molecule has 0 saturated heterocycles. The van der Waals surface area contributed by atoms with E-state index < -0.39 is 24.9 Å². The summed E-state index contributed by atoms with van der Waals surface area (Å²) in [7, 11) is 1.16. The Balaban J connectivity index is 1.90. The lowest BCUT2D eigenvalue weighted by atomic mass is 10.2. The van der Waals surface area contributed by atoms with Gasteiger partial charge < -0.3 is 10.0 Å². The third-order valence-electron chi connectivity index (χ3n) is 3.23. The van der Waals surface area contributed by atoms with Crippen LogP contribution in [0.25, 0.3) is 0 Å². The van der Waals surface area contributed by atoms with Gasteiger partial charge in [0.15, 0.2) is 11.9 Å². The Labute approximate surface area is 136 Å². The molecular weight excluding hydrogens is 325 g/mol. The van der Waals surface area contributed by atoms with E-state index in [1.807, 2.05) is 30.3 Å². The molecule has 2 rings (SSSR count). The van der Waals surface area contributed by atoms with Crippen molar-refractivity contribution < 1.29 is 23.1 Å². The summed E-state index contributed by atoms with van der Waals surface area (Å²) in [5.74, 6) is 0.212. The summed E-state index contributed by atoms with van der Waals surface area (Å²) in [6.45, 7) is -0.362. The number of nitrogens with zero attached hydrogens (tertiary/aromatic N) is 3. The lowest BCUT2D eigenvalue weighted by Gasteiger charge is -2.22. The number of nitrogens with one attached hydrogen (secondary N) is 1. The van der Waals surface area contributed by atoms with E-state index in [4.69, 9.17) is 5.11 Å². The molecule has 1 aromatic heterocycles. The fraction of sp³-hybridized carbons (Fsp3) is 0.333. The Bertz CT molecular complexity index is 673. The molecule has 9 heteroatoms. The second-order valence-electron chi connectivity index (χ2n) is 5.25. The predicted molar refractivity (Wildman–Crippen MR) is 81.5 cm³/mol. The normalized spacial score (nSPS) is 12.7. The molecule has 1 atom stereocenters. The van der Waals surface area contributed by atoms with Gasteiger partial charge >= 0.3 is 12.2 Å². The summed E-state index contributed by atoms with van der Waals surface area (Å²) in [5, 5.41) is 15.5. The van der Waals surface area contributed by atoms with E-state index >= 15 is 0 Å². The molecule has 2 amide bonds. The quantitative estimate of drug-likeness (QED) is 0.876. The molecule has 0 aliphatic heterocycles. The van der Waals surface area contributed by atoms with Crippen molar-refractivity contribution >= 4 is 11.8 Å². The molecule has 6 nitrogen and oxygen atoms in total. The number of anilines is 1. The lowest BCUT2D eigenvalue weighted by molar-refractivity contribution is -0.205. The number of likely N-dealkylation sites (N-methyl/N-ethyl adjacent to an activating group) is 1. The van der Waals surface area contributed by atoms with Crippen molar-refractivity contribution in [1.82, 2.24) is 14.7 Å². The fourth-order valence-corrected chi connectivity index (χ4v) is 1.94. The molecule has 1 aromatic carbocycles.